The molecule has 0 saturated carbocycles. The molecule has 0 amide bonds. The molecular weight excluding hydrogens is 190 g/mol. The molecule has 14 heavy (non-hydrogen) atoms. The van der Waals surface area contributed by atoms with Crippen LogP contribution in [0.2, 0.25) is 0 Å². The van der Waals surface area contributed by atoms with E-state index in [4.69, 9.17) is 5.11 Å². The predicted molar refractivity (Wildman–Crippen MR) is 47.9 cm³/mol. The largest absolute Gasteiger partial charge is 0.392 e. The minimum atomic E-state index is -0.779. The summed E-state index contributed by atoms with van der Waals surface area (Å²) in [4.78, 5) is 10.2. The third-order valence-electron chi connectivity index (χ3n) is 1.65. The Balaban J connectivity index is 3.14. The van der Waals surface area contributed by atoms with Crippen molar-refractivity contribution in [2.75, 3.05) is 6.61 Å². The summed E-state index contributed by atoms with van der Waals surface area (Å²) in [5.74, 6) is -1.47. The number of hydrogen-bond acceptors (Lipinski definition) is 2. The molecule has 0 aliphatic rings. The van der Waals surface area contributed by atoms with Crippen molar-refractivity contribution in [1.82, 2.24) is 0 Å². The molecule has 0 heterocycles. The maximum absolute atomic E-state index is 13.1. The molecule has 1 rings (SSSR count). The maximum atomic E-state index is 13.1. The Labute approximate surface area is 79.5 Å². The van der Waals surface area contributed by atoms with Crippen molar-refractivity contribution in [1.29, 1.82) is 0 Å². The first-order valence-corrected chi connectivity index (χ1v) is 3.90. The lowest BCUT2D eigenvalue weighted by molar-refractivity contribution is 0.111. The number of carbonyl (C=O) groups is 1. The van der Waals surface area contributed by atoms with E-state index in [1.165, 1.54) is 12.2 Å². The Morgan fingerprint density at radius 1 is 1.21 bits per heavy atom. The van der Waals surface area contributed by atoms with Gasteiger partial charge in [-0.3, -0.25) is 4.79 Å². The van der Waals surface area contributed by atoms with Gasteiger partial charge in [0.2, 0.25) is 0 Å². The van der Waals surface area contributed by atoms with Gasteiger partial charge in [-0.15, -0.1) is 0 Å². The molecule has 0 aromatic heterocycles. The topological polar surface area (TPSA) is 37.3 Å². The van der Waals surface area contributed by atoms with Crippen LogP contribution in [0.3, 0.4) is 0 Å². The molecule has 0 atom stereocenters. The highest BCUT2D eigenvalue weighted by atomic mass is 19.1. The fourth-order valence-electron chi connectivity index (χ4n) is 0.975. The molecule has 0 unspecified atom stereocenters. The van der Waals surface area contributed by atoms with E-state index in [0.29, 0.717) is 0 Å². The quantitative estimate of drug-likeness (QED) is 0.751. The van der Waals surface area contributed by atoms with Gasteiger partial charge < -0.3 is 5.11 Å². The van der Waals surface area contributed by atoms with E-state index in [9.17, 15) is 13.6 Å². The van der Waals surface area contributed by atoms with Gasteiger partial charge in [0.25, 0.3) is 0 Å². The second-order valence-corrected chi connectivity index (χ2v) is 2.60. The van der Waals surface area contributed by atoms with Gasteiger partial charge in [-0.05, 0) is 12.1 Å². The van der Waals surface area contributed by atoms with Crippen molar-refractivity contribution in [2.45, 2.75) is 0 Å². The van der Waals surface area contributed by atoms with Crippen LogP contribution in [0.4, 0.5) is 8.78 Å². The van der Waals surface area contributed by atoms with Crippen LogP contribution in [-0.2, 0) is 0 Å². The number of halogens is 2. The number of aldehydes is 1. The molecule has 1 aromatic carbocycles. The number of rotatable bonds is 3. The molecular formula is C10H8F2O2. The van der Waals surface area contributed by atoms with Gasteiger partial charge in [0.1, 0.15) is 11.6 Å². The summed E-state index contributed by atoms with van der Waals surface area (Å²) >= 11 is 0. The third kappa shape index (κ3) is 2.23. The van der Waals surface area contributed by atoms with Gasteiger partial charge in [-0.1, -0.05) is 12.2 Å². The van der Waals surface area contributed by atoms with Crippen LogP contribution in [0.25, 0.3) is 6.08 Å². The Kier molecular flexibility index (Phi) is 3.48. The molecule has 74 valence electrons. The third-order valence-corrected chi connectivity index (χ3v) is 1.65. The van der Waals surface area contributed by atoms with Gasteiger partial charge >= 0.3 is 0 Å². The number of hydrogen-bond donors (Lipinski definition) is 1. The second-order valence-electron chi connectivity index (χ2n) is 2.60. The molecule has 2 nitrogen and oxygen atoms in total. The molecule has 0 saturated heterocycles. The fraction of sp³-hybridized carbons (Fsp3) is 0.100. The van der Waals surface area contributed by atoms with E-state index in [1.807, 2.05) is 0 Å². The van der Waals surface area contributed by atoms with Crippen LogP contribution in [0.15, 0.2) is 18.2 Å². The zero-order valence-corrected chi connectivity index (χ0v) is 7.21. The smallest absolute Gasteiger partial charge is 0.153 e. The monoisotopic (exact) mass is 198 g/mol. The highest BCUT2D eigenvalue weighted by molar-refractivity contribution is 5.76. The summed E-state index contributed by atoms with van der Waals surface area (Å²) in [6.45, 7) is -0.253. The van der Waals surface area contributed by atoms with Crippen LogP contribution in [0, 0.1) is 11.6 Å². The predicted octanol–water partition coefficient (Wildman–Crippen LogP) is 1.78. The van der Waals surface area contributed by atoms with Crippen molar-refractivity contribution >= 4 is 12.4 Å². The maximum Gasteiger partial charge on any atom is 0.153 e. The Hall–Kier alpha value is -1.55. The highest BCUT2D eigenvalue weighted by Crippen LogP contribution is 2.14. The van der Waals surface area contributed by atoms with Crippen LogP contribution in [-0.4, -0.2) is 18.0 Å². The summed E-state index contributed by atoms with van der Waals surface area (Å²) in [5.41, 5.74) is -0.314. The zero-order valence-electron chi connectivity index (χ0n) is 7.21. The highest BCUT2D eigenvalue weighted by Gasteiger charge is 2.06. The lowest BCUT2D eigenvalue weighted by atomic mass is 10.1. The number of aliphatic hydroxyl groups is 1. The molecule has 0 spiro atoms. The summed E-state index contributed by atoms with van der Waals surface area (Å²) in [6, 6.07) is 1.73. The van der Waals surface area contributed by atoms with Gasteiger partial charge in [-0.25, -0.2) is 8.78 Å². The minimum absolute atomic E-state index is 0.00199. The van der Waals surface area contributed by atoms with Crippen LogP contribution in [0.1, 0.15) is 15.9 Å². The zero-order chi connectivity index (χ0) is 10.6. The van der Waals surface area contributed by atoms with Crippen molar-refractivity contribution in [3.8, 4) is 0 Å². The number of carbonyl (C=O) groups excluding carboxylic acids is 1. The van der Waals surface area contributed by atoms with Gasteiger partial charge in [0.05, 0.1) is 12.2 Å². The first-order valence-electron chi connectivity index (χ1n) is 3.90. The fourth-order valence-corrected chi connectivity index (χ4v) is 0.975. The second kappa shape index (κ2) is 4.62. The molecule has 1 aromatic rings. The van der Waals surface area contributed by atoms with Crippen molar-refractivity contribution in [3.05, 3.63) is 41.0 Å². The van der Waals surface area contributed by atoms with Gasteiger partial charge in [0, 0.05) is 5.56 Å². The van der Waals surface area contributed by atoms with E-state index in [1.54, 1.807) is 0 Å². The van der Waals surface area contributed by atoms with Crippen molar-refractivity contribution in [3.63, 3.8) is 0 Å². The summed E-state index contributed by atoms with van der Waals surface area (Å²) in [5, 5.41) is 8.43. The lowest BCUT2D eigenvalue weighted by Gasteiger charge is -1.99. The molecule has 4 heteroatoms. The van der Waals surface area contributed by atoms with E-state index in [-0.39, 0.29) is 24.0 Å². The first-order chi connectivity index (χ1) is 6.69. The molecule has 0 bridgehead atoms. The molecule has 1 N–H and O–H groups in total. The lowest BCUT2D eigenvalue weighted by Crippen LogP contribution is -1.92. The summed E-state index contributed by atoms with van der Waals surface area (Å²) < 4.78 is 26.0. The van der Waals surface area contributed by atoms with E-state index in [2.05, 4.69) is 0 Å². The minimum Gasteiger partial charge on any atom is -0.392 e. The van der Waals surface area contributed by atoms with Crippen molar-refractivity contribution < 1.29 is 18.7 Å². The SMILES string of the molecule is O=Cc1cc(F)c(C=CCO)cc1F. The Morgan fingerprint density at radius 3 is 2.36 bits per heavy atom. The van der Waals surface area contributed by atoms with Gasteiger partial charge in [-0.2, -0.15) is 0 Å². The molecule has 0 fully saturated rings. The normalized spacial score (nSPS) is 10.8. The first kappa shape index (κ1) is 10.5. The Morgan fingerprint density at radius 2 is 1.79 bits per heavy atom. The number of aliphatic hydroxyl groups excluding tert-OH is 1. The van der Waals surface area contributed by atoms with Gasteiger partial charge in [0.15, 0.2) is 6.29 Å². The van der Waals surface area contributed by atoms with E-state index in [0.717, 1.165) is 12.1 Å². The molecule has 0 aliphatic heterocycles. The van der Waals surface area contributed by atoms with E-state index >= 15 is 0 Å². The standard InChI is InChI=1S/C10H8F2O2/c11-9-5-8(6-14)10(12)4-7(9)2-1-3-13/h1-2,4-6,13H,3H2. The molecule has 0 aliphatic carbocycles. The average molecular weight is 198 g/mol. The van der Waals surface area contributed by atoms with E-state index < -0.39 is 11.6 Å². The Bertz CT molecular complexity index is 373. The van der Waals surface area contributed by atoms with Crippen LogP contribution in [0.5, 0.6) is 0 Å². The summed E-state index contributed by atoms with van der Waals surface area (Å²) in [6.07, 6.45) is 2.77. The number of benzene rings is 1. The average Bonchev–Trinajstić information content (AvgIpc) is 2.18. The van der Waals surface area contributed by atoms with Crippen LogP contribution < -0.4 is 0 Å². The van der Waals surface area contributed by atoms with Crippen molar-refractivity contribution in [2.24, 2.45) is 0 Å². The molecule has 0 radical (unpaired) electrons. The van der Waals surface area contributed by atoms with Crippen LogP contribution >= 0.6 is 0 Å². The summed E-state index contributed by atoms with van der Waals surface area (Å²) in [7, 11) is 0.